The van der Waals surface area contributed by atoms with Crippen LogP contribution in [0.3, 0.4) is 0 Å². The van der Waals surface area contributed by atoms with E-state index < -0.39 is 0 Å². The van der Waals surface area contributed by atoms with Gasteiger partial charge in [-0.05, 0) is 68.0 Å². The van der Waals surface area contributed by atoms with Crippen molar-refractivity contribution in [2.75, 3.05) is 33.3 Å². The molecule has 4 nitrogen and oxygen atoms in total. The van der Waals surface area contributed by atoms with E-state index in [2.05, 4.69) is 30.1 Å². The predicted octanol–water partition coefficient (Wildman–Crippen LogP) is 4.75. The quantitative estimate of drug-likeness (QED) is 0.530. The zero-order chi connectivity index (χ0) is 19.5. The number of benzene rings is 2. The maximum absolute atomic E-state index is 6.02. The molecule has 0 saturated carbocycles. The molecule has 0 fully saturated rings. The van der Waals surface area contributed by atoms with Crippen molar-refractivity contribution in [3.8, 4) is 11.5 Å². The number of hydrogen-bond acceptors (Lipinski definition) is 4. The predicted molar refractivity (Wildman–Crippen MR) is 113 cm³/mol. The van der Waals surface area contributed by atoms with Crippen LogP contribution in [0.5, 0.6) is 11.5 Å². The Morgan fingerprint density at radius 2 is 1.81 bits per heavy atom. The van der Waals surface area contributed by atoms with Gasteiger partial charge in [-0.3, -0.25) is 0 Å². The zero-order valence-electron chi connectivity index (χ0n) is 16.6. The summed E-state index contributed by atoms with van der Waals surface area (Å²) in [5, 5.41) is 4.22. The van der Waals surface area contributed by atoms with Gasteiger partial charge < -0.3 is 19.7 Å². The van der Waals surface area contributed by atoms with Gasteiger partial charge >= 0.3 is 0 Å². The van der Waals surface area contributed by atoms with E-state index in [4.69, 9.17) is 21.1 Å². The lowest BCUT2D eigenvalue weighted by atomic mass is 10.2. The lowest BCUT2D eigenvalue weighted by molar-refractivity contribution is 0.284. The summed E-state index contributed by atoms with van der Waals surface area (Å²) in [7, 11) is 1.67. The molecule has 2 rings (SSSR count). The minimum atomic E-state index is 0.458. The maximum atomic E-state index is 6.02. The Kier molecular flexibility index (Phi) is 9.46. The number of rotatable bonds is 12. The van der Waals surface area contributed by atoms with E-state index in [0.717, 1.165) is 56.2 Å². The van der Waals surface area contributed by atoms with Gasteiger partial charge in [-0.1, -0.05) is 43.6 Å². The molecule has 0 heterocycles. The number of ether oxygens (including phenoxy) is 2. The van der Waals surface area contributed by atoms with Crippen LogP contribution in [0.2, 0.25) is 5.02 Å². The first-order valence-corrected chi connectivity index (χ1v) is 10.0. The Bertz CT molecular complexity index is 690. The van der Waals surface area contributed by atoms with Crippen LogP contribution in [-0.4, -0.2) is 38.2 Å². The summed E-state index contributed by atoms with van der Waals surface area (Å²) in [5.74, 6) is 1.49. The molecule has 5 heteroatoms. The summed E-state index contributed by atoms with van der Waals surface area (Å²) in [4.78, 5) is 2.44. The largest absolute Gasteiger partial charge is 0.493 e. The molecule has 27 heavy (non-hydrogen) atoms. The average Bonchev–Trinajstić information content (AvgIpc) is 2.69. The number of halogens is 1. The van der Waals surface area contributed by atoms with Crippen LogP contribution < -0.4 is 14.8 Å². The third-order valence-corrected chi connectivity index (χ3v) is 4.80. The molecule has 0 radical (unpaired) electrons. The monoisotopic (exact) mass is 390 g/mol. The molecule has 0 aromatic heterocycles. The van der Waals surface area contributed by atoms with Crippen LogP contribution in [0.4, 0.5) is 0 Å². The van der Waals surface area contributed by atoms with Crippen molar-refractivity contribution < 1.29 is 9.47 Å². The van der Waals surface area contributed by atoms with Gasteiger partial charge in [-0.2, -0.15) is 0 Å². The molecule has 2 aromatic rings. The van der Waals surface area contributed by atoms with E-state index in [1.807, 2.05) is 36.4 Å². The molecule has 0 atom stereocenters. The second-order valence-corrected chi connectivity index (χ2v) is 6.90. The summed E-state index contributed by atoms with van der Waals surface area (Å²) in [6.45, 7) is 10.1. The molecular formula is C22H31ClN2O2. The molecule has 0 spiro atoms. The first kappa shape index (κ1) is 21.5. The molecule has 2 aromatic carbocycles. The van der Waals surface area contributed by atoms with E-state index in [1.165, 1.54) is 5.56 Å². The van der Waals surface area contributed by atoms with Gasteiger partial charge in [-0.15, -0.1) is 0 Å². The van der Waals surface area contributed by atoms with Crippen molar-refractivity contribution in [1.29, 1.82) is 0 Å². The van der Waals surface area contributed by atoms with Crippen LogP contribution >= 0.6 is 11.6 Å². The van der Waals surface area contributed by atoms with E-state index >= 15 is 0 Å². The van der Waals surface area contributed by atoms with Crippen molar-refractivity contribution in [2.24, 2.45) is 0 Å². The number of methoxy groups -OCH3 is 1. The van der Waals surface area contributed by atoms with E-state index in [-0.39, 0.29) is 0 Å². The fraction of sp³-hybridized carbons (Fsp3) is 0.455. The number of nitrogens with zero attached hydrogens (tertiary/aromatic N) is 1. The fourth-order valence-electron chi connectivity index (χ4n) is 2.93. The lowest BCUT2D eigenvalue weighted by Gasteiger charge is -2.17. The Morgan fingerprint density at radius 3 is 2.52 bits per heavy atom. The lowest BCUT2D eigenvalue weighted by Crippen LogP contribution is -2.27. The normalized spacial score (nSPS) is 11.0. The minimum Gasteiger partial charge on any atom is -0.493 e. The summed E-state index contributed by atoms with van der Waals surface area (Å²) in [6.07, 6.45) is 1.15. The van der Waals surface area contributed by atoms with Crippen molar-refractivity contribution in [1.82, 2.24) is 10.2 Å². The highest BCUT2D eigenvalue weighted by Crippen LogP contribution is 2.29. The number of hydrogen-bond donors (Lipinski definition) is 1. The third-order valence-electron chi connectivity index (χ3n) is 4.56. The highest BCUT2D eigenvalue weighted by atomic mass is 35.5. The number of nitrogens with one attached hydrogen (secondary N) is 1. The van der Waals surface area contributed by atoms with Gasteiger partial charge in [0.2, 0.25) is 0 Å². The molecule has 0 aliphatic carbocycles. The Morgan fingerprint density at radius 1 is 1.00 bits per heavy atom. The van der Waals surface area contributed by atoms with Crippen molar-refractivity contribution in [3.05, 3.63) is 58.6 Å². The minimum absolute atomic E-state index is 0.458. The highest BCUT2D eigenvalue weighted by molar-refractivity contribution is 6.30. The molecule has 148 valence electrons. The maximum Gasteiger partial charge on any atom is 0.161 e. The Labute approximate surface area is 168 Å². The summed E-state index contributed by atoms with van der Waals surface area (Å²) >= 11 is 6.02. The molecule has 0 aliphatic heterocycles. The van der Waals surface area contributed by atoms with Crippen molar-refractivity contribution in [2.45, 2.75) is 33.4 Å². The average molecular weight is 391 g/mol. The highest BCUT2D eigenvalue weighted by Gasteiger charge is 2.07. The van der Waals surface area contributed by atoms with Crippen LogP contribution in [0.25, 0.3) is 0 Å². The smallest absolute Gasteiger partial charge is 0.161 e. The van der Waals surface area contributed by atoms with Crippen molar-refractivity contribution >= 4 is 11.6 Å². The van der Waals surface area contributed by atoms with E-state index in [1.54, 1.807) is 7.11 Å². The SMILES string of the molecule is CCN(CC)CCCNCc1ccc(OCc2cccc(Cl)c2)c(OC)c1. The topological polar surface area (TPSA) is 33.7 Å². The van der Waals surface area contributed by atoms with Gasteiger partial charge in [-0.25, -0.2) is 0 Å². The molecule has 1 N–H and O–H groups in total. The summed E-state index contributed by atoms with van der Waals surface area (Å²) in [5.41, 5.74) is 2.22. The first-order chi connectivity index (χ1) is 13.2. The van der Waals surface area contributed by atoms with Gasteiger partial charge in [0.15, 0.2) is 11.5 Å². The van der Waals surface area contributed by atoms with Gasteiger partial charge in [0, 0.05) is 11.6 Å². The van der Waals surface area contributed by atoms with Gasteiger partial charge in [0.1, 0.15) is 6.61 Å². The Hall–Kier alpha value is -1.75. The third kappa shape index (κ3) is 7.41. The van der Waals surface area contributed by atoms with Crippen molar-refractivity contribution in [3.63, 3.8) is 0 Å². The first-order valence-electron chi connectivity index (χ1n) is 9.63. The van der Waals surface area contributed by atoms with Crippen LogP contribution in [0.1, 0.15) is 31.4 Å². The standard InChI is InChI=1S/C22H31ClN2O2/c1-4-25(5-2)13-7-12-24-16-18-10-11-21(22(15-18)26-3)27-17-19-8-6-9-20(23)14-19/h6,8-11,14-15,24H,4-5,7,12-13,16-17H2,1-3H3. The Balaban J connectivity index is 1.82. The zero-order valence-corrected chi connectivity index (χ0v) is 17.4. The molecule has 0 unspecified atom stereocenters. The van der Waals surface area contributed by atoms with E-state index in [9.17, 15) is 0 Å². The molecular weight excluding hydrogens is 360 g/mol. The van der Waals surface area contributed by atoms with Crippen LogP contribution in [0.15, 0.2) is 42.5 Å². The van der Waals surface area contributed by atoms with Crippen LogP contribution in [0, 0.1) is 0 Å². The van der Waals surface area contributed by atoms with E-state index in [0.29, 0.717) is 11.6 Å². The molecule has 0 saturated heterocycles. The van der Waals surface area contributed by atoms with Gasteiger partial charge in [0.05, 0.1) is 7.11 Å². The van der Waals surface area contributed by atoms with Crippen LogP contribution in [-0.2, 0) is 13.2 Å². The molecule has 0 bridgehead atoms. The van der Waals surface area contributed by atoms with Gasteiger partial charge in [0.25, 0.3) is 0 Å². The second kappa shape index (κ2) is 11.9. The molecule has 0 amide bonds. The summed E-state index contributed by atoms with van der Waals surface area (Å²) < 4.78 is 11.4. The fourth-order valence-corrected chi connectivity index (χ4v) is 3.14. The second-order valence-electron chi connectivity index (χ2n) is 6.46. The summed E-state index contributed by atoms with van der Waals surface area (Å²) in [6, 6.07) is 13.8. The molecule has 0 aliphatic rings.